The smallest absolute Gasteiger partial charge is 0.316 e. The van der Waals surface area contributed by atoms with Gasteiger partial charge in [0.15, 0.2) is 5.82 Å². The number of carbonyl (C=O) groups is 1. The zero-order valence-electron chi connectivity index (χ0n) is 13.7. The Bertz CT molecular complexity index is 917. The third-order valence-corrected chi connectivity index (χ3v) is 3.41. The minimum atomic E-state index is -0.558. The van der Waals surface area contributed by atoms with E-state index in [2.05, 4.69) is 20.6 Å². The maximum atomic E-state index is 12.1. The number of nitrogens with one attached hydrogen (secondary N) is 1. The Morgan fingerprint density at radius 2 is 2.15 bits per heavy atom. The van der Waals surface area contributed by atoms with E-state index in [1.54, 1.807) is 19.2 Å². The highest BCUT2D eigenvalue weighted by Crippen LogP contribution is 2.11. The summed E-state index contributed by atoms with van der Waals surface area (Å²) in [5, 5.41) is 20.8. The molecule has 26 heavy (non-hydrogen) atoms. The average Bonchev–Trinajstić information content (AvgIpc) is 3.30. The van der Waals surface area contributed by atoms with Crippen molar-refractivity contribution in [3.63, 3.8) is 0 Å². The number of hydrogen-bond acceptors (Lipinski definition) is 8. The molecule has 0 fully saturated rings. The van der Waals surface area contributed by atoms with E-state index in [9.17, 15) is 14.9 Å². The minimum absolute atomic E-state index is 0.0447. The van der Waals surface area contributed by atoms with Crippen LogP contribution >= 0.6 is 0 Å². The van der Waals surface area contributed by atoms with Crippen LogP contribution in [0.25, 0.3) is 0 Å². The number of methoxy groups -OCH3 is 1. The molecule has 0 radical (unpaired) electrons. The highest BCUT2D eigenvalue weighted by atomic mass is 16.6. The van der Waals surface area contributed by atoms with Gasteiger partial charge in [-0.2, -0.15) is 10.1 Å². The minimum Gasteiger partial charge on any atom is -0.497 e. The van der Waals surface area contributed by atoms with Crippen LogP contribution < -0.4 is 10.1 Å². The lowest BCUT2D eigenvalue weighted by atomic mass is 10.2. The van der Waals surface area contributed by atoms with Gasteiger partial charge in [-0.3, -0.25) is 19.6 Å². The maximum Gasteiger partial charge on any atom is 0.316 e. The molecule has 0 saturated heterocycles. The quantitative estimate of drug-likeness (QED) is 0.490. The first-order valence-electron chi connectivity index (χ1n) is 7.45. The molecule has 0 aliphatic rings. The van der Waals surface area contributed by atoms with E-state index in [1.807, 2.05) is 12.1 Å². The van der Waals surface area contributed by atoms with E-state index >= 15 is 0 Å². The van der Waals surface area contributed by atoms with Gasteiger partial charge in [0, 0.05) is 6.54 Å². The van der Waals surface area contributed by atoms with E-state index in [0.717, 1.165) is 17.5 Å². The van der Waals surface area contributed by atoms with Crippen molar-refractivity contribution in [2.75, 3.05) is 7.11 Å². The van der Waals surface area contributed by atoms with Crippen LogP contribution in [-0.4, -0.2) is 37.9 Å². The molecule has 134 valence electrons. The molecular formula is C15H14N6O5. The van der Waals surface area contributed by atoms with Gasteiger partial charge in [0.05, 0.1) is 12.0 Å². The number of nitro groups is 1. The van der Waals surface area contributed by atoms with E-state index in [0.29, 0.717) is 0 Å². The number of aromatic nitrogens is 4. The predicted octanol–water partition coefficient (Wildman–Crippen LogP) is 1.16. The molecule has 0 aliphatic carbocycles. The predicted molar refractivity (Wildman–Crippen MR) is 86.4 cm³/mol. The van der Waals surface area contributed by atoms with Crippen LogP contribution in [0.2, 0.25) is 0 Å². The number of rotatable bonds is 7. The summed E-state index contributed by atoms with van der Waals surface area (Å²) in [6.07, 6.45) is 2.35. The van der Waals surface area contributed by atoms with Crippen molar-refractivity contribution in [2.45, 2.75) is 13.1 Å². The molecule has 3 rings (SSSR count). The Balaban J connectivity index is 1.57. The number of benzene rings is 1. The monoisotopic (exact) mass is 358 g/mol. The van der Waals surface area contributed by atoms with Gasteiger partial charge in [-0.1, -0.05) is 17.3 Å². The van der Waals surface area contributed by atoms with Gasteiger partial charge in [-0.25, -0.2) is 0 Å². The molecule has 1 amide bonds. The highest BCUT2D eigenvalue weighted by molar-refractivity contribution is 5.89. The van der Waals surface area contributed by atoms with Gasteiger partial charge in [-0.05, 0) is 17.7 Å². The Morgan fingerprint density at radius 1 is 1.38 bits per heavy atom. The van der Waals surface area contributed by atoms with Gasteiger partial charge < -0.3 is 14.6 Å². The van der Waals surface area contributed by atoms with Crippen molar-refractivity contribution in [3.8, 4) is 5.75 Å². The van der Waals surface area contributed by atoms with Crippen LogP contribution in [0.15, 0.2) is 41.2 Å². The van der Waals surface area contributed by atoms with Crippen LogP contribution in [-0.2, 0) is 13.1 Å². The van der Waals surface area contributed by atoms with Crippen molar-refractivity contribution in [1.82, 2.24) is 25.2 Å². The lowest BCUT2D eigenvalue weighted by Crippen LogP contribution is -2.23. The van der Waals surface area contributed by atoms with Gasteiger partial charge in [-0.15, -0.1) is 0 Å². The van der Waals surface area contributed by atoms with Crippen LogP contribution in [0.1, 0.15) is 22.1 Å². The third kappa shape index (κ3) is 4.01. The second-order valence-corrected chi connectivity index (χ2v) is 5.20. The normalized spacial score (nSPS) is 10.5. The van der Waals surface area contributed by atoms with Crippen LogP contribution in [0.4, 0.5) is 5.69 Å². The topological polar surface area (TPSA) is 138 Å². The van der Waals surface area contributed by atoms with Gasteiger partial charge >= 0.3 is 17.5 Å². The molecule has 0 spiro atoms. The summed E-state index contributed by atoms with van der Waals surface area (Å²) < 4.78 is 11.3. The fraction of sp³-hybridized carbons (Fsp3) is 0.200. The molecule has 0 saturated carbocycles. The average molecular weight is 358 g/mol. The Hall–Kier alpha value is -3.76. The second-order valence-electron chi connectivity index (χ2n) is 5.20. The van der Waals surface area contributed by atoms with E-state index in [-0.39, 0.29) is 30.5 Å². The number of ether oxygens (including phenoxy) is 1. The zero-order valence-corrected chi connectivity index (χ0v) is 13.7. The molecule has 0 atom stereocenters. The lowest BCUT2D eigenvalue weighted by Gasteiger charge is -2.04. The fourth-order valence-electron chi connectivity index (χ4n) is 2.09. The van der Waals surface area contributed by atoms with E-state index < -0.39 is 10.8 Å². The Kier molecular flexibility index (Phi) is 4.87. The van der Waals surface area contributed by atoms with E-state index in [4.69, 9.17) is 9.26 Å². The van der Waals surface area contributed by atoms with Gasteiger partial charge in [0.25, 0.3) is 0 Å². The van der Waals surface area contributed by atoms with Crippen LogP contribution in [0.3, 0.4) is 0 Å². The largest absolute Gasteiger partial charge is 0.497 e. The summed E-state index contributed by atoms with van der Waals surface area (Å²) in [5.74, 6) is 0.180. The zero-order chi connectivity index (χ0) is 18.5. The Morgan fingerprint density at radius 3 is 2.81 bits per heavy atom. The molecule has 0 bridgehead atoms. The summed E-state index contributed by atoms with van der Waals surface area (Å²) >= 11 is 0. The van der Waals surface area contributed by atoms with Crippen molar-refractivity contribution in [1.29, 1.82) is 0 Å². The van der Waals surface area contributed by atoms with Crippen molar-refractivity contribution in [2.24, 2.45) is 0 Å². The SMILES string of the molecule is COc1ccc(CNC(=O)c2nc(Cn3cc([N+](=O)[O-])cn3)no2)cc1. The number of hydrogen-bond donors (Lipinski definition) is 1. The first-order chi connectivity index (χ1) is 12.5. The molecule has 0 aliphatic heterocycles. The molecule has 2 aromatic heterocycles. The Labute approximate surface area is 146 Å². The number of carbonyl (C=O) groups excluding carboxylic acids is 1. The molecule has 2 heterocycles. The summed E-state index contributed by atoms with van der Waals surface area (Å²) in [5.41, 5.74) is 0.730. The molecule has 1 aromatic carbocycles. The summed E-state index contributed by atoms with van der Waals surface area (Å²) in [7, 11) is 1.57. The van der Waals surface area contributed by atoms with Crippen LogP contribution in [0, 0.1) is 10.1 Å². The first-order valence-corrected chi connectivity index (χ1v) is 7.45. The summed E-state index contributed by atoms with van der Waals surface area (Å²) in [6.45, 7) is 0.328. The van der Waals surface area contributed by atoms with Crippen molar-refractivity contribution in [3.05, 3.63) is 64.1 Å². The maximum absolute atomic E-state index is 12.1. The molecule has 0 unspecified atom stereocenters. The van der Waals surface area contributed by atoms with Gasteiger partial charge in [0.1, 0.15) is 24.7 Å². The first kappa shape index (κ1) is 17.1. The molecule has 11 heteroatoms. The fourth-order valence-corrected chi connectivity index (χ4v) is 2.09. The lowest BCUT2D eigenvalue weighted by molar-refractivity contribution is -0.385. The molecule has 11 nitrogen and oxygen atoms in total. The number of nitrogens with zero attached hydrogens (tertiary/aromatic N) is 5. The molecule has 1 N–H and O–H groups in total. The molecule has 3 aromatic rings. The summed E-state index contributed by atoms with van der Waals surface area (Å²) in [6, 6.07) is 7.22. The number of amides is 1. The van der Waals surface area contributed by atoms with Crippen LogP contribution in [0.5, 0.6) is 5.75 Å². The molecular weight excluding hydrogens is 344 g/mol. The third-order valence-electron chi connectivity index (χ3n) is 3.41. The summed E-state index contributed by atoms with van der Waals surface area (Å²) in [4.78, 5) is 26.1. The van der Waals surface area contributed by atoms with Crippen molar-refractivity contribution < 1.29 is 19.0 Å². The van der Waals surface area contributed by atoms with E-state index in [1.165, 1.54) is 10.9 Å². The standard InChI is InChI=1S/C15H14N6O5/c1-25-12-4-2-10(3-5-12)6-16-14(22)15-18-13(19-26-15)9-20-8-11(7-17-20)21(23)24/h2-5,7-8H,6,9H2,1H3,(H,16,22). The van der Waals surface area contributed by atoms with Crippen molar-refractivity contribution >= 4 is 11.6 Å². The van der Waals surface area contributed by atoms with Gasteiger partial charge in [0.2, 0.25) is 0 Å². The second kappa shape index (κ2) is 7.42. The highest BCUT2D eigenvalue weighted by Gasteiger charge is 2.16.